The topological polar surface area (TPSA) is 83.5 Å². The van der Waals surface area contributed by atoms with Gasteiger partial charge >= 0.3 is 0 Å². The fraction of sp³-hybridized carbons (Fsp3) is 0.364. The molecule has 1 aromatic rings. The maximum absolute atomic E-state index is 11.6. The second kappa shape index (κ2) is 6.06. The van der Waals surface area contributed by atoms with E-state index in [0.29, 0.717) is 11.4 Å². The van der Waals surface area contributed by atoms with Crippen molar-refractivity contribution < 1.29 is 18.3 Å². The first kappa shape index (κ1) is 14.8. The van der Waals surface area contributed by atoms with Crippen molar-refractivity contribution in [2.45, 2.75) is 6.42 Å². The Hall–Kier alpha value is -1.27. The summed E-state index contributed by atoms with van der Waals surface area (Å²) in [4.78, 5) is 11.6. The van der Waals surface area contributed by atoms with Crippen molar-refractivity contribution in [2.24, 2.45) is 0 Å². The Morgan fingerprint density at radius 1 is 1.44 bits per heavy atom. The van der Waals surface area contributed by atoms with Crippen molar-refractivity contribution in [2.75, 3.05) is 18.6 Å². The lowest BCUT2D eigenvalue weighted by molar-refractivity contribution is 0.0951. The Bertz CT molecular complexity index is 542. The fourth-order valence-corrected chi connectivity index (χ4v) is 2.16. The minimum atomic E-state index is -3.02. The summed E-state index contributed by atoms with van der Waals surface area (Å²) in [6.45, 7) is 0.230. The number of halogens is 1. The second-order valence-electron chi connectivity index (χ2n) is 3.90. The minimum Gasteiger partial charge on any atom is -0.507 e. The zero-order valence-electron chi connectivity index (χ0n) is 9.81. The van der Waals surface area contributed by atoms with E-state index < -0.39 is 15.7 Å². The minimum absolute atomic E-state index is 0.0138. The number of carbonyl (C=O) groups is 1. The van der Waals surface area contributed by atoms with E-state index in [-0.39, 0.29) is 23.6 Å². The molecule has 0 aliphatic rings. The average molecular weight is 292 g/mol. The highest BCUT2D eigenvalue weighted by Crippen LogP contribution is 2.21. The molecule has 1 rings (SSSR count). The molecule has 0 saturated heterocycles. The van der Waals surface area contributed by atoms with E-state index in [1.54, 1.807) is 0 Å². The van der Waals surface area contributed by atoms with Crippen LogP contribution in [-0.2, 0) is 9.84 Å². The standard InChI is InChI=1S/C11H14ClNO4S/c1-18(16,17)6-2-5-13-11(15)9-4-3-8(12)7-10(9)14/h3-4,7,14H,2,5-6H2,1H3,(H,13,15). The predicted molar refractivity (Wildman–Crippen MR) is 69.8 cm³/mol. The summed E-state index contributed by atoms with van der Waals surface area (Å²) < 4.78 is 21.7. The van der Waals surface area contributed by atoms with Gasteiger partial charge in [0.15, 0.2) is 0 Å². The first-order valence-electron chi connectivity index (χ1n) is 5.24. The summed E-state index contributed by atoms with van der Waals surface area (Å²) in [7, 11) is -3.02. The summed E-state index contributed by atoms with van der Waals surface area (Å²) in [6.07, 6.45) is 1.47. The van der Waals surface area contributed by atoms with Crippen molar-refractivity contribution in [3.63, 3.8) is 0 Å². The third kappa shape index (κ3) is 4.93. The smallest absolute Gasteiger partial charge is 0.255 e. The van der Waals surface area contributed by atoms with Crippen LogP contribution in [0, 0.1) is 0 Å². The van der Waals surface area contributed by atoms with Crippen LogP contribution < -0.4 is 5.32 Å². The maximum Gasteiger partial charge on any atom is 0.255 e. The third-order valence-corrected chi connectivity index (χ3v) is 3.45. The Morgan fingerprint density at radius 2 is 2.11 bits per heavy atom. The number of sulfone groups is 1. The number of hydrogen-bond acceptors (Lipinski definition) is 4. The number of phenols is 1. The molecule has 7 heteroatoms. The molecular formula is C11H14ClNO4S. The highest BCUT2D eigenvalue weighted by Gasteiger charge is 2.11. The van der Waals surface area contributed by atoms with E-state index in [0.717, 1.165) is 6.26 Å². The third-order valence-electron chi connectivity index (χ3n) is 2.18. The van der Waals surface area contributed by atoms with Crippen molar-refractivity contribution in [1.82, 2.24) is 5.32 Å². The molecule has 0 bridgehead atoms. The number of aromatic hydroxyl groups is 1. The molecule has 0 heterocycles. The summed E-state index contributed by atoms with van der Waals surface area (Å²) >= 11 is 5.64. The lowest BCUT2D eigenvalue weighted by atomic mass is 10.2. The molecule has 0 fully saturated rings. The summed E-state index contributed by atoms with van der Waals surface area (Å²) in [5.41, 5.74) is 0.110. The van der Waals surface area contributed by atoms with Gasteiger partial charge in [0.05, 0.1) is 11.3 Å². The van der Waals surface area contributed by atoms with Crippen LogP contribution in [0.5, 0.6) is 5.75 Å². The molecule has 0 aromatic heterocycles. The van der Waals surface area contributed by atoms with Gasteiger partial charge in [-0.3, -0.25) is 4.79 Å². The fourth-order valence-electron chi connectivity index (χ4n) is 1.33. The molecule has 0 saturated carbocycles. The summed E-state index contributed by atoms with van der Waals surface area (Å²) in [5, 5.41) is 12.4. The number of carbonyl (C=O) groups excluding carboxylic acids is 1. The number of amides is 1. The quantitative estimate of drug-likeness (QED) is 0.799. The van der Waals surface area contributed by atoms with E-state index >= 15 is 0 Å². The molecular weight excluding hydrogens is 278 g/mol. The van der Waals surface area contributed by atoms with E-state index in [1.807, 2.05) is 0 Å². The predicted octanol–water partition coefficient (Wildman–Crippen LogP) is 1.21. The SMILES string of the molecule is CS(=O)(=O)CCCNC(=O)c1ccc(Cl)cc1O. The first-order valence-corrected chi connectivity index (χ1v) is 7.68. The largest absolute Gasteiger partial charge is 0.507 e. The van der Waals surface area contributed by atoms with E-state index in [2.05, 4.69) is 5.32 Å². The Labute approximate surface area is 111 Å². The van der Waals surface area contributed by atoms with Gasteiger partial charge in [0, 0.05) is 17.8 Å². The van der Waals surface area contributed by atoms with Crippen LogP contribution in [0.4, 0.5) is 0 Å². The molecule has 0 aliphatic heterocycles. The number of nitrogens with one attached hydrogen (secondary N) is 1. The zero-order valence-corrected chi connectivity index (χ0v) is 11.4. The van der Waals surface area contributed by atoms with Crippen molar-refractivity contribution in [1.29, 1.82) is 0 Å². The zero-order chi connectivity index (χ0) is 13.8. The van der Waals surface area contributed by atoms with Gasteiger partial charge in [-0.2, -0.15) is 0 Å². The summed E-state index contributed by atoms with van der Waals surface area (Å²) in [5.74, 6) is -0.652. The second-order valence-corrected chi connectivity index (χ2v) is 6.60. The lowest BCUT2D eigenvalue weighted by Crippen LogP contribution is -2.25. The number of benzene rings is 1. The van der Waals surface area contributed by atoms with Crippen LogP contribution in [0.25, 0.3) is 0 Å². The molecule has 100 valence electrons. The average Bonchev–Trinajstić information content (AvgIpc) is 2.22. The summed E-state index contributed by atoms with van der Waals surface area (Å²) in [6, 6.07) is 4.17. The number of rotatable bonds is 5. The number of phenolic OH excluding ortho intramolecular Hbond substituents is 1. The van der Waals surface area contributed by atoms with Gasteiger partial charge in [-0.1, -0.05) is 11.6 Å². The van der Waals surface area contributed by atoms with Gasteiger partial charge in [0.2, 0.25) is 0 Å². The molecule has 0 radical (unpaired) electrons. The van der Waals surface area contributed by atoms with Gasteiger partial charge in [-0.15, -0.1) is 0 Å². The van der Waals surface area contributed by atoms with Gasteiger partial charge in [-0.25, -0.2) is 8.42 Å². The Morgan fingerprint density at radius 3 is 2.67 bits per heavy atom. The van der Waals surface area contributed by atoms with E-state index in [9.17, 15) is 18.3 Å². The maximum atomic E-state index is 11.6. The lowest BCUT2D eigenvalue weighted by Gasteiger charge is -2.06. The van der Waals surface area contributed by atoms with Crippen LogP contribution in [0.1, 0.15) is 16.8 Å². The molecule has 5 nitrogen and oxygen atoms in total. The molecule has 0 unspecified atom stereocenters. The van der Waals surface area contributed by atoms with Gasteiger partial charge in [-0.05, 0) is 24.6 Å². The molecule has 0 aliphatic carbocycles. The molecule has 2 N–H and O–H groups in total. The first-order chi connectivity index (χ1) is 8.29. The van der Waals surface area contributed by atoms with Crippen LogP contribution in [0.2, 0.25) is 5.02 Å². The van der Waals surface area contributed by atoms with Crippen molar-refractivity contribution in [3.05, 3.63) is 28.8 Å². The Balaban J connectivity index is 2.51. The molecule has 0 atom stereocenters. The van der Waals surface area contributed by atoms with Crippen LogP contribution in [-0.4, -0.2) is 38.0 Å². The molecule has 1 amide bonds. The highest BCUT2D eigenvalue weighted by molar-refractivity contribution is 7.90. The van der Waals surface area contributed by atoms with Gasteiger partial charge in [0.1, 0.15) is 15.6 Å². The molecule has 1 aromatic carbocycles. The van der Waals surface area contributed by atoms with E-state index in [1.165, 1.54) is 18.2 Å². The molecule has 18 heavy (non-hydrogen) atoms. The van der Waals surface area contributed by atoms with Crippen molar-refractivity contribution in [3.8, 4) is 5.75 Å². The van der Waals surface area contributed by atoms with Crippen molar-refractivity contribution >= 4 is 27.3 Å². The normalized spacial score (nSPS) is 11.2. The van der Waals surface area contributed by atoms with E-state index in [4.69, 9.17) is 11.6 Å². The van der Waals surface area contributed by atoms with Crippen LogP contribution in [0.15, 0.2) is 18.2 Å². The number of hydrogen-bond donors (Lipinski definition) is 2. The highest BCUT2D eigenvalue weighted by atomic mass is 35.5. The van der Waals surface area contributed by atoms with Crippen LogP contribution >= 0.6 is 11.6 Å². The van der Waals surface area contributed by atoms with Crippen LogP contribution in [0.3, 0.4) is 0 Å². The Kier molecular flexibility index (Phi) is 4.98. The van der Waals surface area contributed by atoms with Gasteiger partial charge in [0.25, 0.3) is 5.91 Å². The monoisotopic (exact) mass is 291 g/mol. The van der Waals surface area contributed by atoms with Gasteiger partial charge < -0.3 is 10.4 Å². The molecule has 0 spiro atoms.